The molecule has 1 saturated heterocycles. The molecule has 0 aliphatic carbocycles. The van der Waals surface area contributed by atoms with Crippen LogP contribution in [0, 0.1) is 0 Å². The summed E-state index contributed by atoms with van der Waals surface area (Å²) < 4.78 is 17.0. The molecule has 0 spiro atoms. The van der Waals surface area contributed by atoms with E-state index in [1.807, 2.05) is 0 Å². The van der Waals surface area contributed by atoms with Crippen LogP contribution >= 0.6 is 0 Å². The standard InChI is InChI=1S/C27H55NO6/c1-3-4-5-6-7-8-9-10-11-12-13-14-15-16-19-33-21-22(32-2)17-18-23-25(28)27(31)26(30)24(20-29)34-23/h22-27,29-31H,3-21,28H2,1-2H3/t22-,23-,24?,25?,26-,27+/m0/s1. The molecule has 0 saturated carbocycles. The molecule has 1 heterocycles. The summed E-state index contributed by atoms with van der Waals surface area (Å²) in [6.45, 7) is 3.19. The van der Waals surface area contributed by atoms with Gasteiger partial charge in [-0.2, -0.15) is 0 Å². The van der Waals surface area contributed by atoms with Crippen LogP contribution in [0.15, 0.2) is 0 Å². The SMILES string of the molecule is CCCCCCCCCCCCCCCCOC[C@H](CC[C@@H]1OC(CO)[C@H](O)[C@H](O)C1N)OC. The van der Waals surface area contributed by atoms with E-state index in [1.165, 1.54) is 83.5 Å². The van der Waals surface area contributed by atoms with Crippen molar-refractivity contribution in [2.45, 2.75) is 146 Å². The minimum absolute atomic E-state index is 0.0704. The Morgan fingerprint density at radius 1 is 0.794 bits per heavy atom. The molecule has 1 rings (SSSR count). The molecule has 0 amide bonds. The van der Waals surface area contributed by atoms with Crippen molar-refractivity contribution in [2.24, 2.45) is 5.73 Å². The Bertz CT molecular complexity index is 453. The molecular formula is C27H55NO6. The van der Waals surface area contributed by atoms with Gasteiger partial charge in [0.15, 0.2) is 0 Å². The highest BCUT2D eigenvalue weighted by Gasteiger charge is 2.42. The van der Waals surface area contributed by atoms with Gasteiger partial charge in [0.25, 0.3) is 0 Å². The summed E-state index contributed by atoms with van der Waals surface area (Å²) in [4.78, 5) is 0. The molecule has 1 aliphatic rings. The smallest absolute Gasteiger partial charge is 0.110 e. The molecule has 1 aliphatic heterocycles. The Morgan fingerprint density at radius 3 is 1.82 bits per heavy atom. The van der Waals surface area contributed by atoms with E-state index in [0.29, 0.717) is 19.4 Å². The van der Waals surface area contributed by atoms with Crippen LogP contribution in [-0.2, 0) is 14.2 Å². The first-order valence-electron chi connectivity index (χ1n) is 14.0. The van der Waals surface area contributed by atoms with Crippen molar-refractivity contribution < 1.29 is 29.5 Å². The summed E-state index contributed by atoms with van der Waals surface area (Å²) >= 11 is 0. The van der Waals surface area contributed by atoms with Crippen molar-refractivity contribution in [1.29, 1.82) is 0 Å². The zero-order valence-electron chi connectivity index (χ0n) is 22.0. The topological polar surface area (TPSA) is 114 Å². The fraction of sp³-hybridized carbons (Fsp3) is 1.00. The van der Waals surface area contributed by atoms with Gasteiger partial charge < -0.3 is 35.3 Å². The van der Waals surface area contributed by atoms with Crippen LogP contribution in [0.1, 0.15) is 110 Å². The Labute approximate surface area is 208 Å². The van der Waals surface area contributed by atoms with E-state index in [1.54, 1.807) is 7.11 Å². The van der Waals surface area contributed by atoms with Crippen LogP contribution < -0.4 is 5.73 Å². The number of aliphatic hydroxyl groups is 3. The van der Waals surface area contributed by atoms with Crippen LogP contribution in [0.3, 0.4) is 0 Å². The molecule has 7 heteroatoms. The summed E-state index contributed by atoms with van der Waals surface area (Å²) in [6, 6.07) is -0.688. The number of aliphatic hydroxyl groups excluding tert-OH is 3. The van der Waals surface area contributed by atoms with E-state index in [0.717, 1.165) is 13.0 Å². The van der Waals surface area contributed by atoms with E-state index in [4.69, 9.17) is 19.9 Å². The molecule has 34 heavy (non-hydrogen) atoms. The zero-order chi connectivity index (χ0) is 25.0. The summed E-state index contributed by atoms with van der Waals surface area (Å²) in [5.41, 5.74) is 6.01. The largest absolute Gasteiger partial charge is 0.394 e. The Kier molecular flexibility index (Phi) is 19.5. The molecule has 0 aromatic carbocycles. The number of rotatable bonds is 22. The minimum atomic E-state index is -1.16. The fourth-order valence-corrected chi connectivity index (χ4v) is 4.71. The highest BCUT2D eigenvalue weighted by atomic mass is 16.5. The van der Waals surface area contributed by atoms with Gasteiger partial charge in [-0.05, 0) is 19.3 Å². The summed E-state index contributed by atoms with van der Waals surface area (Å²) in [5, 5.41) is 29.3. The molecular weight excluding hydrogens is 434 g/mol. The van der Waals surface area contributed by atoms with Gasteiger partial charge in [-0.3, -0.25) is 0 Å². The highest BCUT2D eigenvalue weighted by molar-refractivity contribution is 4.94. The van der Waals surface area contributed by atoms with Crippen LogP contribution in [0.25, 0.3) is 0 Å². The number of hydrogen-bond donors (Lipinski definition) is 4. The number of ether oxygens (including phenoxy) is 3. The zero-order valence-corrected chi connectivity index (χ0v) is 22.0. The van der Waals surface area contributed by atoms with E-state index >= 15 is 0 Å². The first-order chi connectivity index (χ1) is 16.5. The molecule has 0 bridgehead atoms. The number of methoxy groups -OCH3 is 1. The fourth-order valence-electron chi connectivity index (χ4n) is 4.71. The summed E-state index contributed by atoms with van der Waals surface area (Å²) in [7, 11) is 1.66. The average Bonchev–Trinajstić information content (AvgIpc) is 2.85. The molecule has 5 N–H and O–H groups in total. The first kappa shape index (κ1) is 31.7. The molecule has 0 aromatic rings. The van der Waals surface area contributed by atoms with Gasteiger partial charge in [0, 0.05) is 13.7 Å². The van der Waals surface area contributed by atoms with E-state index in [-0.39, 0.29) is 12.7 Å². The molecule has 2 unspecified atom stereocenters. The van der Waals surface area contributed by atoms with Crippen molar-refractivity contribution in [1.82, 2.24) is 0 Å². The minimum Gasteiger partial charge on any atom is -0.394 e. The molecule has 6 atom stereocenters. The Morgan fingerprint density at radius 2 is 1.32 bits per heavy atom. The Hall–Kier alpha value is -0.280. The maximum absolute atomic E-state index is 10.1. The third-order valence-corrected chi connectivity index (χ3v) is 7.14. The van der Waals surface area contributed by atoms with E-state index in [2.05, 4.69) is 6.92 Å². The second kappa shape index (κ2) is 20.9. The second-order valence-corrected chi connectivity index (χ2v) is 10.1. The molecule has 204 valence electrons. The quantitative estimate of drug-likeness (QED) is 0.169. The van der Waals surface area contributed by atoms with Crippen LogP contribution in [-0.4, -0.2) is 78.8 Å². The van der Waals surface area contributed by atoms with Crippen molar-refractivity contribution in [3.63, 3.8) is 0 Å². The lowest BCUT2D eigenvalue weighted by Gasteiger charge is -2.41. The van der Waals surface area contributed by atoms with Crippen molar-refractivity contribution in [2.75, 3.05) is 26.9 Å². The molecule has 7 nitrogen and oxygen atoms in total. The van der Waals surface area contributed by atoms with Gasteiger partial charge in [0.1, 0.15) is 18.3 Å². The lowest BCUT2D eigenvalue weighted by molar-refractivity contribution is -0.191. The van der Waals surface area contributed by atoms with Crippen LogP contribution in [0.2, 0.25) is 0 Å². The number of hydrogen-bond acceptors (Lipinski definition) is 7. The van der Waals surface area contributed by atoms with Crippen molar-refractivity contribution in [3.05, 3.63) is 0 Å². The van der Waals surface area contributed by atoms with E-state index in [9.17, 15) is 15.3 Å². The second-order valence-electron chi connectivity index (χ2n) is 10.1. The number of unbranched alkanes of at least 4 members (excludes halogenated alkanes) is 13. The third kappa shape index (κ3) is 13.7. The molecule has 1 fully saturated rings. The first-order valence-corrected chi connectivity index (χ1v) is 14.0. The molecule has 0 aromatic heterocycles. The third-order valence-electron chi connectivity index (χ3n) is 7.14. The van der Waals surface area contributed by atoms with Crippen LogP contribution in [0.5, 0.6) is 0 Å². The maximum atomic E-state index is 10.1. The lowest BCUT2D eigenvalue weighted by Crippen LogP contribution is -2.61. The predicted molar refractivity (Wildman–Crippen MR) is 137 cm³/mol. The monoisotopic (exact) mass is 489 g/mol. The summed E-state index contributed by atoms with van der Waals surface area (Å²) in [5.74, 6) is 0. The van der Waals surface area contributed by atoms with Crippen LogP contribution in [0.4, 0.5) is 0 Å². The van der Waals surface area contributed by atoms with E-state index < -0.39 is 30.5 Å². The lowest BCUT2D eigenvalue weighted by atomic mass is 9.91. The van der Waals surface area contributed by atoms with Crippen molar-refractivity contribution >= 4 is 0 Å². The van der Waals surface area contributed by atoms with Gasteiger partial charge in [0.2, 0.25) is 0 Å². The Balaban J connectivity index is 1.97. The number of nitrogens with two attached hydrogens (primary N) is 1. The summed E-state index contributed by atoms with van der Waals surface area (Å²) in [6.07, 6.45) is 16.5. The molecule has 0 radical (unpaired) electrons. The van der Waals surface area contributed by atoms with Gasteiger partial charge >= 0.3 is 0 Å². The highest BCUT2D eigenvalue weighted by Crippen LogP contribution is 2.23. The average molecular weight is 490 g/mol. The maximum Gasteiger partial charge on any atom is 0.110 e. The predicted octanol–water partition coefficient (Wildman–Crippen LogP) is 4.09. The van der Waals surface area contributed by atoms with Crippen molar-refractivity contribution in [3.8, 4) is 0 Å². The van der Waals surface area contributed by atoms with Gasteiger partial charge in [-0.25, -0.2) is 0 Å². The normalized spacial score (nSPS) is 26.1. The van der Waals surface area contributed by atoms with Gasteiger partial charge in [-0.1, -0.05) is 90.4 Å². The van der Waals surface area contributed by atoms with Gasteiger partial charge in [0.05, 0.1) is 31.5 Å². The van der Waals surface area contributed by atoms with Gasteiger partial charge in [-0.15, -0.1) is 0 Å².